The number of alkyl halides is 7. The van der Waals surface area contributed by atoms with Crippen molar-refractivity contribution >= 4 is 23.4 Å². The molecule has 0 aliphatic heterocycles. The number of nitrogens with one attached hydrogen (secondary N) is 2. The van der Waals surface area contributed by atoms with Crippen molar-refractivity contribution in [2.75, 3.05) is 17.2 Å². The molecule has 0 aliphatic carbocycles. The van der Waals surface area contributed by atoms with Gasteiger partial charge in [0.1, 0.15) is 6.07 Å². The molecule has 2 amide bonds. The third-order valence-corrected chi connectivity index (χ3v) is 5.03. The summed E-state index contributed by atoms with van der Waals surface area (Å²) in [6.45, 7) is 4.07. The monoisotopic (exact) mass is 519 g/mol. The van der Waals surface area contributed by atoms with E-state index in [1.807, 2.05) is 6.07 Å². The topological polar surface area (TPSA) is 91.2 Å². The second-order valence-corrected chi connectivity index (χ2v) is 7.73. The Morgan fingerprint density at radius 2 is 1.50 bits per heavy atom. The van der Waals surface area contributed by atoms with Crippen LogP contribution in [-0.4, -0.2) is 31.0 Å². The second-order valence-electron chi connectivity index (χ2n) is 7.73. The van der Waals surface area contributed by atoms with Gasteiger partial charge < -0.3 is 10.1 Å². The van der Waals surface area contributed by atoms with Crippen LogP contribution in [0.1, 0.15) is 46.0 Å². The highest BCUT2D eigenvalue weighted by atomic mass is 19.4. The van der Waals surface area contributed by atoms with Crippen molar-refractivity contribution < 1.29 is 45.1 Å². The predicted molar refractivity (Wildman–Crippen MR) is 115 cm³/mol. The molecule has 0 saturated carbocycles. The molecule has 0 aliphatic rings. The predicted octanol–water partition coefficient (Wildman–Crippen LogP) is 6.68. The lowest BCUT2D eigenvalue weighted by Crippen LogP contribution is -2.50. The van der Waals surface area contributed by atoms with E-state index in [1.54, 1.807) is 6.92 Å². The van der Waals surface area contributed by atoms with Crippen molar-refractivity contribution in [3.8, 4) is 6.07 Å². The number of hydrogen-bond donors (Lipinski definition) is 2. The number of anilines is 2. The van der Waals surface area contributed by atoms with E-state index in [2.05, 4.69) is 10.6 Å². The molecule has 0 saturated heterocycles. The Morgan fingerprint density at radius 3 is 1.97 bits per heavy atom. The average molecular weight is 519 g/mol. The molecule has 0 atom stereocenters. The van der Waals surface area contributed by atoms with Crippen LogP contribution in [0.2, 0.25) is 0 Å². The molecule has 13 heteroatoms. The average Bonchev–Trinajstić information content (AvgIpc) is 2.77. The number of benzene rings is 2. The number of amides is 2. The summed E-state index contributed by atoms with van der Waals surface area (Å²) in [5.74, 6) is -0.860. The summed E-state index contributed by atoms with van der Waals surface area (Å²) < 4.78 is 98.0. The fourth-order valence-electron chi connectivity index (χ4n) is 3.26. The molecule has 0 fully saturated rings. The normalized spacial score (nSPS) is 12.0. The van der Waals surface area contributed by atoms with E-state index in [1.165, 1.54) is 12.1 Å². The summed E-state index contributed by atoms with van der Waals surface area (Å²) in [6.07, 6.45) is -12.9. The van der Waals surface area contributed by atoms with Crippen molar-refractivity contribution in [3.63, 3.8) is 0 Å². The SMILES string of the molecule is CCCOC(=O)Nc1cc(C(=O)Nc2c(C)cc(C(F)(C(F)(F)F)C(F)(F)F)cc2C)ccc1C#N. The Bertz CT molecular complexity index is 1160. The summed E-state index contributed by atoms with van der Waals surface area (Å²) in [5.41, 5.74) is -8.12. The third kappa shape index (κ3) is 5.69. The summed E-state index contributed by atoms with van der Waals surface area (Å²) in [7, 11) is 0. The molecule has 0 heterocycles. The number of hydrogen-bond acceptors (Lipinski definition) is 4. The second kappa shape index (κ2) is 10.4. The van der Waals surface area contributed by atoms with Gasteiger partial charge in [-0.25, -0.2) is 9.18 Å². The quantitative estimate of drug-likeness (QED) is 0.417. The standard InChI is InChI=1S/C23H20F7N3O3/c1-4-7-36-20(35)32-17-10-14(5-6-15(17)11-31)19(34)33-18-12(2)8-16(9-13(18)3)21(24,22(25,26)27)23(28,29)30/h5-6,8-10H,4,7H2,1-3H3,(H,32,35)(H,33,34). The minimum atomic E-state index is -6.28. The zero-order valence-electron chi connectivity index (χ0n) is 19.1. The number of nitrogens with zero attached hydrogens (tertiary/aromatic N) is 1. The lowest BCUT2D eigenvalue weighted by atomic mass is 9.90. The smallest absolute Gasteiger partial charge is 0.435 e. The highest BCUT2D eigenvalue weighted by Gasteiger charge is 2.73. The number of carbonyl (C=O) groups is 2. The number of aryl methyl sites for hydroxylation is 2. The number of rotatable bonds is 6. The van der Waals surface area contributed by atoms with Crippen LogP contribution >= 0.6 is 0 Å². The Kier molecular flexibility index (Phi) is 8.23. The fraction of sp³-hybridized carbons (Fsp3) is 0.348. The van der Waals surface area contributed by atoms with E-state index in [0.29, 0.717) is 18.6 Å². The number of ether oxygens (including phenoxy) is 1. The van der Waals surface area contributed by atoms with Gasteiger partial charge in [-0.2, -0.15) is 31.6 Å². The van der Waals surface area contributed by atoms with Gasteiger partial charge in [-0.05, 0) is 49.6 Å². The van der Waals surface area contributed by atoms with Crippen LogP contribution in [0.3, 0.4) is 0 Å². The van der Waals surface area contributed by atoms with Gasteiger partial charge in [0.15, 0.2) is 0 Å². The van der Waals surface area contributed by atoms with Crippen LogP contribution in [0.25, 0.3) is 0 Å². The first kappa shape index (κ1) is 28.4. The molecule has 194 valence electrons. The molecule has 0 unspecified atom stereocenters. The third-order valence-electron chi connectivity index (χ3n) is 5.03. The lowest BCUT2D eigenvalue weighted by Gasteiger charge is -2.31. The number of nitriles is 1. The molecule has 0 radical (unpaired) electrons. The van der Waals surface area contributed by atoms with E-state index in [0.717, 1.165) is 19.9 Å². The minimum Gasteiger partial charge on any atom is -0.449 e. The Hall–Kier alpha value is -3.82. The van der Waals surface area contributed by atoms with Gasteiger partial charge in [0, 0.05) is 16.8 Å². The maximum absolute atomic E-state index is 14.4. The Morgan fingerprint density at radius 1 is 0.944 bits per heavy atom. The molecule has 2 aromatic rings. The van der Waals surface area contributed by atoms with Gasteiger partial charge in [-0.1, -0.05) is 19.1 Å². The summed E-state index contributed by atoms with van der Waals surface area (Å²) >= 11 is 0. The van der Waals surface area contributed by atoms with Gasteiger partial charge in [-0.15, -0.1) is 0 Å². The van der Waals surface area contributed by atoms with Crippen LogP contribution < -0.4 is 10.6 Å². The molecular formula is C23H20F7N3O3. The van der Waals surface area contributed by atoms with Gasteiger partial charge in [0.25, 0.3) is 5.91 Å². The first-order valence-corrected chi connectivity index (χ1v) is 10.3. The van der Waals surface area contributed by atoms with Crippen molar-refractivity contribution in [2.24, 2.45) is 0 Å². The van der Waals surface area contributed by atoms with Crippen molar-refractivity contribution in [3.05, 3.63) is 58.1 Å². The molecule has 2 aromatic carbocycles. The molecule has 2 N–H and O–H groups in total. The number of halogens is 7. The molecule has 0 spiro atoms. The van der Waals surface area contributed by atoms with E-state index in [9.17, 15) is 45.6 Å². The van der Waals surface area contributed by atoms with E-state index in [4.69, 9.17) is 4.74 Å². The van der Waals surface area contributed by atoms with Gasteiger partial charge in [-0.3, -0.25) is 10.1 Å². The highest BCUT2D eigenvalue weighted by molar-refractivity contribution is 6.06. The highest BCUT2D eigenvalue weighted by Crippen LogP contribution is 2.53. The van der Waals surface area contributed by atoms with Crippen LogP contribution in [0, 0.1) is 25.2 Å². The van der Waals surface area contributed by atoms with E-state index >= 15 is 0 Å². The summed E-state index contributed by atoms with van der Waals surface area (Å²) in [5, 5.41) is 13.9. The maximum atomic E-state index is 14.4. The first-order valence-electron chi connectivity index (χ1n) is 10.3. The molecule has 0 aromatic heterocycles. The Balaban J connectivity index is 2.41. The molecular weight excluding hydrogens is 499 g/mol. The van der Waals surface area contributed by atoms with Crippen LogP contribution in [-0.2, 0) is 10.4 Å². The van der Waals surface area contributed by atoms with Gasteiger partial charge in [0.05, 0.1) is 17.9 Å². The van der Waals surface area contributed by atoms with Crippen LogP contribution in [0.5, 0.6) is 0 Å². The van der Waals surface area contributed by atoms with Crippen LogP contribution in [0.15, 0.2) is 30.3 Å². The Labute approximate surface area is 201 Å². The lowest BCUT2D eigenvalue weighted by molar-refractivity contribution is -0.348. The minimum absolute atomic E-state index is 0.00435. The van der Waals surface area contributed by atoms with E-state index in [-0.39, 0.29) is 40.2 Å². The summed E-state index contributed by atoms with van der Waals surface area (Å²) in [4.78, 5) is 24.6. The van der Waals surface area contributed by atoms with Crippen molar-refractivity contribution in [1.29, 1.82) is 5.26 Å². The first-order chi connectivity index (χ1) is 16.6. The zero-order valence-corrected chi connectivity index (χ0v) is 19.1. The number of carbonyl (C=O) groups excluding carboxylic acids is 2. The van der Waals surface area contributed by atoms with Crippen LogP contribution in [0.4, 0.5) is 46.9 Å². The molecule has 36 heavy (non-hydrogen) atoms. The maximum Gasteiger partial charge on any atom is 0.435 e. The largest absolute Gasteiger partial charge is 0.449 e. The summed E-state index contributed by atoms with van der Waals surface area (Å²) in [6, 6.07) is 6.11. The molecule has 0 bridgehead atoms. The van der Waals surface area contributed by atoms with Gasteiger partial charge in [0.2, 0.25) is 0 Å². The zero-order chi connectivity index (χ0) is 27.5. The van der Waals surface area contributed by atoms with Gasteiger partial charge >= 0.3 is 24.1 Å². The molecule has 6 nitrogen and oxygen atoms in total. The molecule has 2 rings (SSSR count). The van der Waals surface area contributed by atoms with Crippen molar-refractivity contribution in [1.82, 2.24) is 0 Å². The van der Waals surface area contributed by atoms with E-state index < -0.39 is 35.6 Å². The fourth-order valence-corrected chi connectivity index (χ4v) is 3.26. The van der Waals surface area contributed by atoms with Crippen molar-refractivity contribution in [2.45, 2.75) is 45.2 Å².